The second-order valence-corrected chi connectivity index (χ2v) is 7.69. The van der Waals surface area contributed by atoms with Gasteiger partial charge in [-0.3, -0.25) is 4.79 Å². The summed E-state index contributed by atoms with van der Waals surface area (Å²) in [6.45, 7) is 3.39. The van der Waals surface area contributed by atoms with E-state index in [1.807, 2.05) is 0 Å². The molecule has 2 atom stereocenters. The molecule has 0 saturated carbocycles. The van der Waals surface area contributed by atoms with E-state index in [9.17, 15) is 20.1 Å². The number of hydrogen-bond donors (Lipinski definition) is 3. The molecule has 3 N–H and O–H groups in total. The lowest BCUT2D eigenvalue weighted by Gasteiger charge is -2.28. The minimum absolute atomic E-state index is 0.0376. The number of aliphatic hydroxyl groups is 1. The molecule has 2 aromatic carbocycles. The Bertz CT molecular complexity index is 958. The molecular formula is C21H22O7. The SMILES string of the molecule is COc1ccc(C2COc3cc(O)cc(O)c3C2=O)c2c1CC(C(C)(C)O)O2. The van der Waals surface area contributed by atoms with Gasteiger partial charge in [0.05, 0.1) is 18.6 Å². The number of rotatable bonds is 3. The molecule has 4 rings (SSSR count). The normalized spacial score (nSPS) is 20.8. The van der Waals surface area contributed by atoms with Crippen LogP contribution in [-0.4, -0.2) is 46.5 Å². The van der Waals surface area contributed by atoms with Crippen LogP contribution < -0.4 is 14.2 Å². The number of phenols is 2. The quantitative estimate of drug-likeness (QED) is 0.744. The molecule has 0 amide bonds. The van der Waals surface area contributed by atoms with Crippen molar-refractivity contribution in [2.24, 2.45) is 0 Å². The van der Waals surface area contributed by atoms with Crippen LogP contribution >= 0.6 is 0 Å². The molecule has 7 heteroatoms. The Hall–Kier alpha value is -2.93. The average molecular weight is 386 g/mol. The molecule has 2 unspecified atom stereocenters. The number of carbonyl (C=O) groups excluding carboxylic acids is 1. The van der Waals surface area contributed by atoms with E-state index >= 15 is 0 Å². The van der Waals surface area contributed by atoms with E-state index in [1.165, 1.54) is 6.07 Å². The van der Waals surface area contributed by atoms with E-state index in [0.717, 1.165) is 11.6 Å². The molecule has 0 radical (unpaired) electrons. The van der Waals surface area contributed by atoms with E-state index in [4.69, 9.17) is 14.2 Å². The Labute approximate surface area is 162 Å². The van der Waals surface area contributed by atoms with Gasteiger partial charge in [-0.05, 0) is 19.9 Å². The largest absolute Gasteiger partial charge is 0.508 e. The third-order valence-electron chi connectivity index (χ3n) is 5.32. The summed E-state index contributed by atoms with van der Waals surface area (Å²) in [5.74, 6) is -0.226. The van der Waals surface area contributed by atoms with Gasteiger partial charge in [0, 0.05) is 29.7 Å². The minimum atomic E-state index is -1.07. The molecule has 2 aliphatic rings. The molecular weight excluding hydrogens is 364 g/mol. The van der Waals surface area contributed by atoms with Gasteiger partial charge in [0.25, 0.3) is 0 Å². The summed E-state index contributed by atoms with van der Waals surface area (Å²) < 4.78 is 17.1. The van der Waals surface area contributed by atoms with Crippen molar-refractivity contribution in [1.29, 1.82) is 0 Å². The zero-order valence-electron chi connectivity index (χ0n) is 15.9. The Morgan fingerprint density at radius 2 is 1.96 bits per heavy atom. The van der Waals surface area contributed by atoms with E-state index in [0.29, 0.717) is 23.5 Å². The molecule has 0 bridgehead atoms. The van der Waals surface area contributed by atoms with Crippen LogP contribution in [0.15, 0.2) is 24.3 Å². The van der Waals surface area contributed by atoms with Gasteiger partial charge in [0.2, 0.25) is 0 Å². The number of phenolic OH excluding ortho intramolecular Hbond substituents is 2. The molecule has 148 valence electrons. The van der Waals surface area contributed by atoms with Crippen LogP contribution in [0.3, 0.4) is 0 Å². The third kappa shape index (κ3) is 2.82. The highest BCUT2D eigenvalue weighted by Gasteiger charge is 2.41. The van der Waals surface area contributed by atoms with Crippen LogP contribution in [0.1, 0.15) is 41.3 Å². The van der Waals surface area contributed by atoms with E-state index in [-0.39, 0.29) is 35.2 Å². The maximum atomic E-state index is 13.1. The van der Waals surface area contributed by atoms with Crippen LogP contribution in [0.5, 0.6) is 28.7 Å². The van der Waals surface area contributed by atoms with Gasteiger partial charge >= 0.3 is 0 Å². The van der Waals surface area contributed by atoms with Crippen molar-refractivity contribution in [3.05, 3.63) is 41.0 Å². The summed E-state index contributed by atoms with van der Waals surface area (Å²) in [5, 5.41) is 30.2. The highest BCUT2D eigenvalue weighted by molar-refractivity contribution is 6.07. The summed E-state index contributed by atoms with van der Waals surface area (Å²) in [5.41, 5.74) is 0.374. The summed E-state index contributed by atoms with van der Waals surface area (Å²) >= 11 is 0. The summed E-state index contributed by atoms with van der Waals surface area (Å²) in [6.07, 6.45) is -0.0253. The van der Waals surface area contributed by atoms with Crippen LogP contribution in [-0.2, 0) is 6.42 Å². The highest BCUT2D eigenvalue weighted by Crippen LogP contribution is 2.47. The first-order valence-corrected chi connectivity index (χ1v) is 9.02. The first kappa shape index (κ1) is 18.4. The van der Waals surface area contributed by atoms with Gasteiger partial charge in [-0.2, -0.15) is 0 Å². The van der Waals surface area contributed by atoms with Crippen molar-refractivity contribution in [2.75, 3.05) is 13.7 Å². The lowest BCUT2D eigenvalue weighted by Crippen LogP contribution is -2.39. The number of hydrogen-bond acceptors (Lipinski definition) is 7. The molecule has 0 saturated heterocycles. The number of aromatic hydroxyl groups is 2. The van der Waals surface area contributed by atoms with Crippen LogP contribution in [0.4, 0.5) is 0 Å². The zero-order valence-corrected chi connectivity index (χ0v) is 15.9. The second-order valence-electron chi connectivity index (χ2n) is 7.69. The third-order valence-corrected chi connectivity index (χ3v) is 5.32. The van der Waals surface area contributed by atoms with Crippen molar-refractivity contribution >= 4 is 5.78 Å². The van der Waals surface area contributed by atoms with Crippen molar-refractivity contribution in [3.8, 4) is 28.7 Å². The van der Waals surface area contributed by atoms with Crippen LogP contribution in [0.25, 0.3) is 0 Å². The number of Topliss-reactive ketones (excluding diaryl/α,β-unsaturated/α-hetero) is 1. The molecule has 0 spiro atoms. The smallest absolute Gasteiger partial charge is 0.181 e. The molecule has 0 aliphatic carbocycles. The molecule has 2 aliphatic heterocycles. The van der Waals surface area contributed by atoms with Gasteiger partial charge in [-0.15, -0.1) is 0 Å². The standard InChI is InChI=1S/C21H22O7/c1-21(2,25)17-8-12-15(26-3)5-4-11(20(12)28-17)13-9-27-16-7-10(22)6-14(23)18(16)19(13)24/h4-7,13,17,22-23,25H,8-9H2,1-3H3. The van der Waals surface area contributed by atoms with Crippen molar-refractivity contribution < 1.29 is 34.3 Å². The molecule has 0 fully saturated rings. The topological polar surface area (TPSA) is 105 Å². The Balaban J connectivity index is 1.78. The number of methoxy groups -OCH3 is 1. The summed E-state index contributed by atoms with van der Waals surface area (Å²) in [4.78, 5) is 13.1. The number of benzene rings is 2. The maximum absolute atomic E-state index is 13.1. The molecule has 0 aromatic heterocycles. The predicted octanol–water partition coefficient (Wildman–Crippen LogP) is 2.54. The molecule has 2 aromatic rings. The van der Waals surface area contributed by atoms with Crippen molar-refractivity contribution in [3.63, 3.8) is 0 Å². The van der Waals surface area contributed by atoms with Gasteiger partial charge in [0.1, 0.15) is 47.0 Å². The fourth-order valence-electron chi connectivity index (χ4n) is 3.79. The molecule has 7 nitrogen and oxygen atoms in total. The number of carbonyl (C=O) groups is 1. The number of ether oxygens (including phenoxy) is 3. The Kier molecular flexibility index (Phi) is 4.15. The van der Waals surface area contributed by atoms with Gasteiger partial charge in [0.15, 0.2) is 5.78 Å². The van der Waals surface area contributed by atoms with E-state index in [2.05, 4.69) is 0 Å². The van der Waals surface area contributed by atoms with Crippen molar-refractivity contribution in [1.82, 2.24) is 0 Å². The summed E-state index contributed by atoms with van der Waals surface area (Å²) in [6, 6.07) is 5.94. The first-order valence-electron chi connectivity index (χ1n) is 9.02. The number of fused-ring (bicyclic) bond motifs is 2. The minimum Gasteiger partial charge on any atom is -0.508 e. The fourth-order valence-corrected chi connectivity index (χ4v) is 3.79. The monoisotopic (exact) mass is 386 g/mol. The highest BCUT2D eigenvalue weighted by atomic mass is 16.5. The van der Waals surface area contributed by atoms with E-state index < -0.39 is 17.6 Å². The van der Waals surface area contributed by atoms with Gasteiger partial charge < -0.3 is 29.5 Å². The first-order chi connectivity index (χ1) is 13.2. The van der Waals surface area contributed by atoms with E-state index in [1.54, 1.807) is 33.1 Å². The lowest BCUT2D eigenvalue weighted by molar-refractivity contribution is -0.0233. The molecule has 28 heavy (non-hydrogen) atoms. The van der Waals surface area contributed by atoms with Gasteiger partial charge in [-0.1, -0.05) is 6.07 Å². The Morgan fingerprint density at radius 1 is 1.21 bits per heavy atom. The van der Waals surface area contributed by atoms with Crippen molar-refractivity contribution in [2.45, 2.75) is 37.9 Å². The summed E-state index contributed by atoms with van der Waals surface area (Å²) in [7, 11) is 1.56. The maximum Gasteiger partial charge on any atom is 0.181 e. The fraction of sp³-hybridized carbons (Fsp3) is 0.381. The zero-order chi connectivity index (χ0) is 20.2. The predicted molar refractivity (Wildman–Crippen MR) is 99.7 cm³/mol. The Morgan fingerprint density at radius 3 is 2.64 bits per heavy atom. The van der Waals surface area contributed by atoms with Crippen LogP contribution in [0.2, 0.25) is 0 Å². The average Bonchev–Trinajstić information content (AvgIpc) is 3.07. The number of ketones is 1. The van der Waals surface area contributed by atoms with Gasteiger partial charge in [-0.25, -0.2) is 0 Å². The lowest BCUT2D eigenvalue weighted by atomic mass is 9.86. The van der Waals surface area contributed by atoms with Crippen LogP contribution in [0, 0.1) is 0 Å². The second kappa shape index (κ2) is 6.31. The molecule has 2 heterocycles.